The first-order valence-corrected chi connectivity index (χ1v) is 7.51. The summed E-state index contributed by atoms with van der Waals surface area (Å²) in [5.41, 5.74) is 1.58. The number of nitrogens with zero attached hydrogens (tertiary/aromatic N) is 1. The number of aromatic nitrogens is 1. The molecule has 0 saturated carbocycles. The van der Waals surface area contributed by atoms with Gasteiger partial charge in [-0.25, -0.2) is 0 Å². The molecule has 2 heterocycles. The summed E-state index contributed by atoms with van der Waals surface area (Å²) >= 11 is 7.43. The zero-order valence-electron chi connectivity index (χ0n) is 10.8. The number of pyridine rings is 1. The topological polar surface area (TPSA) is 31.2 Å². The van der Waals surface area contributed by atoms with Crippen molar-refractivity contribution in [2.24, 2.45) is 0 Å². The molecule has 0 aliphatic heterocycles. The maximum Gasteiger partial charge on any atom is 0.255 e. The number of alkyl halides is 1. The van der Waals surface area contributed by atoms with Crippen LogP contribution in [0.15, 0.2) is 34.4 Å². The third-order valence-corrected chi connectivity index (χ3v) is 4.08. The first kappa shape index (κ1) is 14.3. The second-order valence-electron chi connectivity index (χ2n) is 4.16. The van der Waals surface area contributed by atoms with Gasteiger partial charge in [-0.3, -0.25) is 4.79 Å². The lowest BCUT2D eigenvalue weighted by Gasteiger charge is -2.13. The van der Waals surface area contributed by atoms with E-state index >= 15 is 0 Å². The van der Waals surface area contributed by atoms with Gasteiger partial charge >= 0.3 is 0 Å². The van der Waals surface area contributed by atoms with Crippen molar-refractivity contribution in [3.05, 3.63) is 45.6 Å². The SMILES string of the molecule is COCCCn1c(-c2cccs2)ccc(CCl)c1=O. The molecule has 0 N–H and O–H groups in total. The van der Waals surface area contributed by atoms with E-state index in [4.69, 9.17) is 16.3 Å². The summed E-state index contributed by atoms with van der Waals surface area (Å²) in [5, 5.41) is 2.01. The van der Waals surface area contributed by atoms with E-state index in [1.165, 1.54) is 0 Å². The van der Waals surface area contributed by atoms with E-state index in [9.17, 15) is 4.79 Å². The Bertz CT molecular complexity index is 578. The average molecular weight is 298 g/mol. The standard InChI is InChI=1S/C14H16ClNO2S/c1-18-8-3-7-16-12(13-4-2-9-19-13)6-5-11(10-15)14(16)17/h2,4-6,9H,3,7-8,10H2,1H3. The van der Waals surface area contributed by atoms with Crippen molar-refractivity contribution in [3.8, 4) is 10.6 Å². The molecule has 0 aliphatic rings. The summed E-state index contributed by atoms with van der Waals surface area (Å²) in [5.74, 6) is 0.244. The molecule has 0 unspecified atom stereocenters. The summed E-state index contributed by atoms with van der Waals surface area (Å²) in [6, 6.07) is 7.79. The Kier molecular flexibility index (Phi) is 5.19. The van der Waals surface area contributed by atoms with Gasteiger partial charge in [0.2, 0.25) is 0 Å². The van der Waals surface area contributed by atoms with Gasteiger partial charge in [-0.1, -0.05) is 12.1 Å². The third kappa shape index (κ3) is 3.26. The van der Waals surface area contributed by atoms with Gasteiger partial charge in [0, 0.05) is 25.8 Å². The molecule has 2 aromatic rings. The van der Waals surface area contributed by atoms with Crippen LogP contribution in [0.1, 0.15) is 12.0 Å². The molecule has 0 aromatic carbocycles. The molecule has 19 heavy (non-hydrogen) atoms. The van der Waals surface area contributed by atoms with Crippen molar-refractivity contribution < 1.29 is 4.74 Å². The molecule has 102 valence electrons. The van der Waals surface area contributed by atoms with E-state index in [2.05, 4.69) is 0 Å². The van der Waals surface area contributed by atoms with Crippen LogP contribution in [0.5, 0.6) is 0 Å². The van der Waals surface area contributed by atoms with Gasteiger partial charge < -0.3 is 9.30 Å². The van der Waals surface area contributed by atoms with Gasteiger partial charge in [0.1, 0.15) is 0 Å². The first-order chi connectivity index (χ1) is 9.27. The second-order valence-corrected chi connectivity index (χ2v) is 5.37. The lowest BCUT2D eigenvalue weighted by atomic mass is 10.2. The van der Waals surface area contributed by atoms with Gasteiger partial charge in [-0.05, 0) is 23.9 Å². The minimum Gasteiger partial charge on any atom is -0.385 e. The Morgan fingerprint density at radius 2 is 2.21 bits per heavy atom. The fourth-order valence-electron chi connectivity index (χ4n) is 1.95. The van der Waals surface area contributed by atoms with Crippen molar-refractivity contribution in [2.75, 3.05) is 13.7 Å². The van der Waals surface area contributed by atoms with Crippen molar-refractivity contribution in [1.29, 1.82) is 0 Å². The van der Waals surface area contributed by atoms with E-state index in [1.54, 1.807) is 23.0 Å². The monoisotopic (exact) mass is 297 g/mol. The summed E-state index contributed by atoms with van der Waals surface area (Å²) < 4.78 is 6.85. The molecule has 5 heteroatoms. The molecule has 2 rings (SSSR count). The Balaban J connectivity index is 2.42. The molecule has 3 nitrogen and oxygen atoms in total. The van der Waals surface area contributed by atoms with E-state index in [-0.39, 0.29) is 11.4 Å². The van der Waals surface area contributed by atoms with Gasteiger partial charge in [-0.2, -0.15) is 0 Å². The lowest BCUT2D eigenvalue weighted by molar-refractivity contribution is 0.190. The molecule has 0 atom stereocenters. The van der Waals surface area contributed by atoms with Crippen molar-refractivity contribution >= 4 is 22.9 Å². The van der Waals surface area contributed by atoms with Crippen LogP contribution in [0.4, 0.5) is 0 Å². The number of methoxy groups -OCH3 is 1. The highest BCUT2D eigenvalue weighted by atomic mass is 35.5. The molecular weight excluding hydrogens is 282 g/mol. The van der Waals surface area contributed by atoms with Crippen LogP contribution in [0.25, 0.3) is 10.6 Å². The highest BCUT2D eigenvalue weighted by molar-refractivity contribution is 7.13. The molecule has 0 aliphatic carbocycles. The molecule has 0 spiro atoms. The number of hydrogen-bond donors (Lipinski definition) is 0. The Morgan fingerprint density at radius 3 is 2.84 bits per heavy atom. The third-order valence-electron chi connectivity index (χ3n) is 2.90. The average Bonchev–Trinajstić information content (AvgIpc) is 2.94. The number of thiophene rings is 1. The second kappa shape index (κ2) is 6.89. The normalized spacial score (nSPS) is 10.8. The van der Waals surface area contributed by atoms with Gasteiger partial charge in [0.15, 0.2) is 0 Å². The Morgan fingerprint density at radius 1 is 1.37 bits per heavy atom. The van der Waals surface area contributed by atoms with Crippen LogP contribution >= 0.6 is 22.9 Å². The van der Waals surface area contributed by atoms with E-state index in [0.717, 1.165) is 17.0 Å². The smallest absolute Gasteiger partial charge is 0.255 e. The molecule has 0 radical (unpaired) electrons. The van der Waals surface area contributed by atoms with Crippen LogP contribution in [-0.4, -0.2) is 18.3 Å². The van der Waals surface area contributed by atoms with Gasteiger partial charge in [0.25, 0.3) is 5.56 Å². The van der Waals surface area contributed by atoms with Crippen LogP contribution in [-0.2, 0) is 17.2 Å². The first-order valence-electron chi connectivity index (χ1n) is 6.09. The number of halogens is 1. The zero-order valence-corrected chi connectivity index (χ0v) is 12.3. The van der Waals surface area contributed by atoms with Crippen LogP contribution in [0, 0.1) is 0 Å². The zero-order chi connectivity index (χ0) is 13.7. The maximum atomic E-state index is 12.4. The molecule has 0 saturated heterocycles. The number of hydrogen-bond acceptors (Lipinski definition) is 3. The molecule has 0 bridgehead atoms. The van der Waals surface area contributed by atoms with Crippen LogP contribution in [0.3, 0.4) is 0 Å². The fourth-order valence-corrected chi connectivity index (χ4v) is 2.92. The van der Waals surface area contributed by atoms with E-state index in [0.29, 0.717) is 18.7 Å². The van der Waals surface area contributed by atoms with Crippen molar-refractivity contribution in [2.45, 2.75) is 18.8 Å². The molecule has 0 amide bonds. The van der Waals surface area contributed by atoms with Crippen LogP contribution < -0.4 is 5.56 Å². The van der Waals surface area contributed by atoms with Crippen LogP contribution in [0.2, 0.25) is 0 Å². The largest absolute Gasteiger partial charge is 0.385 e. The fraction of sp³-hybridized carbons (Fsp3) is 0.357. The maximum absolute atomic E-state index is 12.4. The number of rotatable bonds is 6. The Labute approximate surface area is 121 Å². The highest BCUT2D eigenvalue weighted by Crippen LogP contribution is 2.24. The predicted octanol–water partition coefficient (Wildman–Crippen LogP) is 3.35. The van der Waals surface area contributed by atoms with Crippen molar-refractivity contribution in [3.63, 3.8) is 0 Å². The summed E-state index contributed by atoms with van der Waals surface area (Å²) in [6.45, 7) is 1.28. The summed E-state index contributed by atoms with van der Waals surface area (Å²) in [4.78, 5) is 13.4. The molecular formula is C14H16ClNO2S. The molecule has 2 aromatic heterocycles. The Hall–Kier alpha value is -1.10. The number of ether oxygens (including phenoxy) is 1. The van der Waals surface area contributed by atoms with E-state index in [1.807, 2.05) is 29.6 Å². The summed E-state index contributed by atoms with van der Waals surface area (Å²) in [6.07, 6.45) is 0.806. The predicted molar refractivity (Wildman–Crippen MR) is 80.1 cm³/mol. The lowest BCUT2D eigenvalue weighted by Crippen LogP contribution is -2.25. The van der Waals surface area contributed by atoms with Crippen molar-refractivity contribution in [1.82, 2.24) is 4.57 Å². The quantitative estimate of drug-likeness (QED) is 0.605. The molecule has 0 fully saturated rings. The summed E-state index contributed by atoms with van der Waals surface area (Å²) in [7, 11) is 1.66. The highest BCUT2D eigenvalue weighted by Gasteiger charge is 2.10. The van der Waals surface area contributed by atoms with Gasteiger partial charge in [0.05, 0.1) is 16.5 Å². The minimum absolute atomic E-state index is 0.00277. The van der Waals surface area contributed by atoms with E-state index < -0.39 is 0 Å². The minimum atomic E-state index is -0.00277. The van der Waals surface area contributed by atoms with Gasteiger partial charge in [-0.15, -0.1) is 22.9 Å².